The van der Waals surface area contributed by atoms with Crippen molar-refractivity contribution in [1.29, 1.82) is 0 Å². The highest BCUT2D eigenvalue weighted by molar-refractivity contribution is 5.85. The maximum absolute atomic E-state index is 11.5. The van der Waals surface area contributed by atoms with Crippen LogP contribution < -0.4 is 11.1 Å². The molecule has 1 amide bonds. The van der Waals surface area contributed by atoms with Crippen LogP contribution in [0.1, 0.15) is 18.4 Å². The third kappa shape index (κ3) is 4.54. The summed E-state index contributed by atoms with van der Waals surface area (Å²) in [6.07, 6.45) is 1.24. The van der Waals surface area contributed by atoms with E-state index < -0.39 is 0 Å². The summed E-state index contributed by atoms with van der Waals surface area (Å²) in [5.41, 5.74) is 6.49. The first kappa shape index (κ1) is 15.5. The molecule has 0 aliphatic heterocycles. The van der Waals surface area contributed by atoms with Crippen LogP contribution in [0, 0.1) is 0 Å². The van der Waals surface area contributed by atoms with E-state index in [-0.39, 0.29) is 18.3 Å². The van der Waals surface area contributed by atoms with Crippen LogP contribution in [0.25, 0.3) is 10.8 Å². The molecule has 19 heavy (non-hydrogen) atoms. The van der Waals surface area contributed by atoms with E-state index in [1.807, 2.05) is 18.2 Å². The molecule has 0 aliphatic carbocycles. The minimum atomic E-state index is 0. The zero-order valence-corrected chi connectivity index (χ0v) is 11.6. The summed E-state index contributed by atoms with van der Waals surface area (Å²) in [6, 6.07) is 14.4. The van der Waals surface area contributed by atoms with Crippen LogP contribution in [0.5, 0.6) is 0 Å². The fourth-order valence-electron chi connectivity index (χ4n) is 1.90. The second-order valence-electron chi connectivity index (χ2n) is 4.35. The Labute approximate surface area is 119 Å². The zero-order chi connectivity index (χ0) is 12.8. The molecule has 0 unspecified atom stereocenters. The van der Waals surface area contributed by atoms with Gasteiger partial charge in [-0.3, -0.25) is 4.79 Å². The highest BCUT2D eigenvalue weighted by atomic mass is 35.5. The number of nitrogens with two attached hydrogens (primary N) is 1. The summed E-state index contributed by atoms with van der Waals surface area (Å²) in [5.74, 6) is 0.0635. The fourth-order valence-corrected chi connectivity index (χ4v) is 1.90. The van der Waals surface area contributed by atoms with Gasteiger partial charge >= 0.3 is 0 Å². The average molecular weight is 279 g/mol. The smallest absolute Gasteiger partial charge is 0.220 e. The van der Waals surface area contributed by atoms with Gasteiger partial charge in [0, 0.05) is 13.0 Å². The van der Waals surface area contributed by atoms with Gasteiger partial charge in [-0.1, -0.05) is 36.4 Å². The molecule has 0 saturated heterocycles. The van der Waals surface area contributed by atoms with Gasteiger partial charge in [-0.15, -0.1) is 12.4 Å². The summed E-state index contributed by atoms with van der Waals surface area (Å²) in [4.78, 5) is 11.5. The van der Waals surface area contributed by atoms with Crippen molar-refractivity contribution in [3.05, 3.63) is 48.0 Å². The maximum atomic E-state index is 11.5. The molecule has 4 heteroatoms. The number of fused-ring (bicyclic) bond motifs is 1. The Morgan fingerprint density at radius 2 is 1.84 bits per heavy atom. The Balaban J connectivity index is 0.00000180. The molecule has 0 fully saturated rings. The first-order valence-corrected chi connectivity index (χ1v) is 6.24. The van der Waals surface area contributed by atoms with Crippen molar-refractivity contribution in [2.75, 3.05) is 6.54 Å². The lowest BCUT2D eigenvalue weighted by Crippen LogP contribution is -2.23. The molecule has 3 N–H and O–H groups in total. The molecular formula is C15H19ClN2O. The van der Waals surface area contributed by atoms with Crippen molar-refractivity contribution in [3.8, 4) is 0 Å². The van der Waals surface area contributed by atoms with Crippen molar-refractivity contribution in [2.45, 2.75) is 19.4 Å². The molecule has 0 aromatic heterocycles. The van der Waals surface area contributed by atoms with E-state index in [2.05, 4.69) is 29.6 Å². The molecule has 0 aliphatic rings. The van der Waals surface area contributed by atoms with E-state index in [1.165, 1.54) is 10.8 Å². The van der Waals surface area contributed by atoms with Gasteiger partial charge in [0.15, 0.2) is 0 Å². The van der Waals surface area contributed by atoms with Gasteiger partial charge in [-0.05, 0) is 35.4 Å². The van der Waals surface area contributed by atoms with E-state index in [0.29, 0.717) is 19.5 Å². The SMILES string of the molecule is Cl.NCCCC(=O)NCc1ccc2ccccc2c1. The Morgan fingerprint density at radius 3 is 2.58 bits per heavy atom. The number of hydrogen-bond donors (Lipinski definition) is 2. The summed E-state index contributed by atoms with van der Waals surface area (Å²) >= 11 is 0. The Bertz CT molecular complexity index is 542. The molecule has 3 nitrogen and oxygen atoms in total. The van der Waals surface area contributed by atoms with Crippen LogP contribution in [0.2, 0.25) is 0 Å². The van der Waals surface area contributed by atoms with Gasteiger partial charge in [-0.25, -0.2) is 0 Å². The molecule has 0 bridgehead atoms. The van der Waals surface area contributed by atoms with Gasteiger partial charge in [0.1, 0.15) is 0 Å². The molecule has 0 spiro atoms. The summed E-state index contributed by atoms with van der Waals surface area (Å²) in [6.45, 7) is 1.14. The lowest BCUT2D eigenvalue weighted by atomic mass is 10.1. The van der Waals surface area contributed by atoms with Gasteiger partial charge in [0.05, 0.1) is 0 Å². The van der Waals surface area contributed by atoms with Crippen LogP contribution in [0.4, 0.5) is 0 Å². The van der Waals surface area contributed by atoms with E-state index in [4.69, 9.17) is 5.73 Å². The van der Waals surface area contributed by atoms with Gasteiger partial charge < -0.3 is 11.1 Å². The molecule has 2 rings (SSSR count). The van der Waals surface area contributed by atoms with Crippen molar-refractivity contribution in [3.63, 3.8) is 0 Å². The molecule has 2 aromatic carbocycles. The fraction of sp³-hybridized carbons (Fsp3) is 0.267. The number of nitrogens with one attached hydrogen (secondary N) is 1. The number of hydrogen-bond acceptors (Lipinski definition) is 2. The number of rotatable bonds is 5. The van der Waals surface area contributed by atoms with E-state index in [1.54, 1.807) is 0 Å². The third-order valence-corrected chi connectivity index (χ3v) is 2.91. The van der Waals surface area contributed by atoms with E-state index >= 15 is 0 Å². The maximum Gasteiger partial charge on any atom is 0.220 e. The molecule has 0 radical (unpaired) electrons. The highest BCUT2D eigenvalue weighted by Gasteiger charge is 2.01. The number of carbonyl (C=O) groups is 1. The molecule has 0 heterocycles. The standard InChI is InChI=1S/C15H18N2O.ClH/c16-9-3-6-15(18)17-11-12-7-8-13-4-1-2-5-14(13)10-12;/h1-2,4-5,7-8,10H,3,6,9,11,16H2,(H,17,18);1H. The number of benzene rings is 2. The zero-order valence-electron chi connectivity index (χ0n) is 10.8. The van der Waals surface area contributed by atoms with Crippen LogP contribution >= 0.6 is 12.4 Å². The predicted octanol–water partition coefficient (Wildman–Crippen LogP) is 2.62. The van der Waals surface area contributed by atoms with Gasteiger partial charge in [-0.2, -0.15) is 0 Å². The predicted molar refractivity (Wildman–Crippen MR) is 81.3 cm³/mol. The molecule has 0 saturated carbocycles. The van der Waals surface area contributed by atoms with Crippen molar-refractivity contribution in [1.82, 2.24) is 5.32 Å². The molecule has 102 valence electrons. The monoisotopic (exact) mass is 278 g/mol. The Morgan fingerprint density at radius 1 is 1.11 bits per heavy atom. The lowest BCUT2D eigenvalue weighted by molar-refractivity contribution is -0.121. The average Bonchev–Trinajstić information content (AvgIpc) is 2.42. The van der Waals surface area contributed by atoms with E-state index in [9.17, 15) is 4.79 Å². The van der Waals surface area contributed by atoms with Crippen molar-refractivity contribution < 1.29 is 4.79 Å². The van der Waals surface area contributed by atoms with Crippen LogP contribution in [-0.2, 0) is 11.3 Å². The Hall–Kier alpha value is -1.58. The second kappa shape index (κ2) is 7.77. The van der Waals surface area contributed by atoms with Gasteiger partial charge in [0.25, 0.3) is 0 Å². The van der Waals surface area contributed by atoms with Gasteiger partial charge in [0.2, 0.25) is 5.91 Å². The molecule has 0 atom stereocenters. The minimum Gasteiger partial charge on any atom is -0.352 e. The minimum absolute atomic E-state index is 0. The molecular weight excluding hydrogens is 260 g/mol. The number of amides is 1. The number of carbonyl (C=O) groups excluding carboxylic acids is 1. The highest BCUT2D eigenvalue weighted by Crippen LogP contribution is 2.15. The second-order valence-corrected chi connectivity index (χ2v) is 4.35. The summed E-state index contributed by atoms with van der Waals surface area (Å²) in [7, 11) is 0. The number of halogens is 1. The van der Waals surface area contributed by atoms with Crippen LogP contribution in [0.3, 0.4) is 0 Å². The topological polar surface area (TPSA) is 55.1 Å². The lowest BCUT2D eigenvalue weighted by Gasteiger charge is -2.06. The summed E-state index contributed by atoms with van der Waals surface area (Å²) < 4.78 is 0. The van der Waals surface area contributed by atoms with Crippen LogP contribution in [0.15, 0.2) is 42.5 Å². The van der Waals surface area contributed by atoms with Crippen LogP contribution in [-0.4, -0.2) is 12.5 Å². The third-order valence-electron chi connectivity index (χ3n) is 2.91. The van der Waals surface area contributed by atoms with E-state index in [0.717, 1.165) is 12.0 Å². The van der Waals surface area contributed by atoms with Crippen molar-refractivity contribution in [2.24, 2.45) is 5.73 Å². The first-order valence-electron chi connectivity index (χ1n) is 6.24. The Kier molecular flexibility index (Phi) is 6.33. The largest absolute Gasteiger partial charge is 0.352 e. The van der Waals surface area contributed by atoms with Crippen molar-refractivity contribution >= 4 is 29.1 Å². The normalized spacial score (nSPS) is 9.95. The first-order chi connectivity index (χ1) is 8.79. The molecule has 2 aromatic rings. The summed E-state index contributed by atoms with van der Waals surface area (Å²) in [5, 5.41) is 5.32. The quantitative estimate of drug-likeness (QED) is 0.883.